The van der Waals surface area contributed by atoms with Crippen molar-refractivity contribution in [3.63, 3.8) is 0 Å². The highest BCUT2D eigenvalue weighted by Gasteiger charge is 2.23. The highest BCUT2D eigenvalue weighted by molar-refractivity contribution is 5.95. The Hall–Kier alpha value is -3.44. The minimum absolute atomic E-state index is 0.00177. The number of hydrogen-bond donors (Lipinski definition) is 1. The molecule has 0 aromatic heterocycles. The van der Waals surface area contributed by atoms with Crippen LogP contribution in [-0.4, -0.2) is 48.8 Å². The third kappa shape index (κ3) is 5.83. The molecule has 166 valence electrons. The zero-order chi connectivity index (χ0) is 23.1. The van der Waals surface area contributed by atoms with Crippen molar-refractivity contribution in [3.8, 4) is 0 Å². The summed E-state index contributed by atoms with van der Waals surface area (Å²) in [4.78, 5) is 29.0. The summed E-state index contributed by atoms with van der Waals surface area (Å²) >= 11 is 0. The van der Waals surface area contributed by atoms with E-state index in [2.05, 4.69) is 29.6 Å². The van der Waals surface area contributed by atoms with Gasteiger partial charge in [0, 0.05) is 12.7 Å². The highest BCUT2D eigenvalue weighted by Crippen LogP contribution is 2.27. The van der Waals surface area contributed by atoms with Gasteiger partial charge in [-0.3, -0.25) is 14.5 Å². The van der Waals surface area contributed by atoms with E-state index in [1.54, 1.807) is 7.05 Å². The summed E-state index contributed by atoms with van der Waals surface area (Å²) in [6, 6.07) is 26.1. The molecule has 0 radical (unpaired) electrons. The van der Waals surface area contributed by atoms with Crippen molar-refractivity contribution in [1.29, 1.82) is 0 Å². The molecule has 0 fully saturated rings. The second-order valence-electron chi connectivity index (χ2n) is 8.20. The fourth-order valence-corrected chi connectivity index (χ4v) is 3.89. The van der Waals surface area contributed by atoms with E-state index >= 15 is 0 Å². The van der Waals surface area contributed by atoms with E-state index < -0.39 is 0 Å². The normalized spacial score (nSPS) is 10.9. The SMILES string of the molecule is Cc1cccc(C)c1NC(=O)CN(C)C(=O)CN(C)C(c1ccccc1)c1ccccc1. The van der Waals surface area contributed by atoms with Crippen molar-refractivity contribution in [1.82, 2.24) is 9.80 Å². The minimum Gasteiger partial charge on any atom is -0.335 e. The molecule has 3 aromatic carbocycles. The number of para-hydroxylation sites is 1. The summed E-state index contributed by atoms with van der Waals surface area (Å²) < 4.78 is 0. The number of carbonyl (C=O) groups is 2. The monoisotopic (exact) mass is 429 g/mol. The first-order valence-corrected chi connectivity index (χ1v) is 10.8. The van der Waals surface area contributed by atoms with E-state index in [1.165, 1.54) is 4.90 Å². The van der Waals surface area contributed by atoms with Crippen LogP contribution in [0, 0.1) is 13.8 Å². The van der Waals surface area contributed by atoms with Gasteiger partial charge in [-0.05, 0) is 43.1 Å². The average Bonchev–Trinajstić information content (AvgIpc) is 2.78. The van der Waals surface area contributed by atoms with Crippen LogP contribution in [0.1, 0.15) is 28.3 Å². The lowest BCUT2D eigenvalue weighted by Crippen LogP contribution is -2.41. The largest absolute Gasteiger partial charge is 0.335 e. The molecule has 0 aliphatic heterocycles. The fourth-order valence-electron chi connectivity index (χ4n) is 3.89. The number of rotatable bonds is 8. The number of benzene rings is 3. The Morgan fingerprint density at radius 2 is 1.25 bits per heavy atom. The molecule has 0 unspecified atom stereocenters. The van der Waals surface area contributed by atoms with Crippen LogP contribution in [0.2, 0.25) is 0 Å². The predicted octanol–water partition coefficient (Wildman–Crippen LogP) is 4.42. The molecule has 1 N–H and O–H groups in total. The van der Waals surface area contributed by atoms with Gasteiger partial charge in [-0.25, -0.2) is 0 Å². The minimum atomic E-state index is -0.205. The maximum absolute atomic E-state index is 12.9. The Morgan fingerprint density at radius 3 is 1.75 bits per heavy atom. The van der Waals surface area contributed by atoms with Crippen LogP contribution < -0.4 is 5.32 Å². The summed E-state index contributed by atoms with van der Waals surface area (Å²) in [7, 11) is 3.60. The van der Waals surface area contributed by atoms with Crippen LogP contribution in [-0.2, 0) is 9.59 Å². The van der Waals surface area contributed by atoms with Crippen molar-refractivity contribution in [2.45, 2.75) is 19.9 Å². The molecular weight excluding hydrogens is 398 g/mol. The molecule has 3 aromatic rings. The van der Waals surface area contributed by atoms with Gasteiger partial charge in [0.2, 0.25) is 11.8 Å². The molecule has 5 nitrogen and oxygen atoms in total. The van der Waals surface area contributed by atoms with Gasteiger partial charge in [-0.1, -0.05) is 78.9 Å². The molecule has 0 heterocycles. The number of nitrogens with one attached hydrogen (secondary N) is 1. The number of nitrogens with zero attached hydrogens (tertiary/aromatic N) is 2. The lowest BCUT2D eigenvalue weighted by atomic mass is 9.97. The summed E-state index contributed by atoms with van der Waals surface area (Å²) in [5, 5.41) is 2.95. The van der Waals surface area contributed by atoms with E-state index in [9.17, 15) is 9.59 Å². The molecule has 3 rings (SSSR count). The first kappa shape index (κ1) is 23.2. The second kappa shape index (κ2) is 10.7. The topological polar surface area (TPSA) is 52.7 Å². The number of hydrogen-bond acceptors (Lipinski definition) is 3. The zero-order valence-corrected chi connectivity index (χ0v) is 19.2. The Bertz CT molecular complexity index is 991. The van der Waals surface area contributed by atoms with Crippen LogP contribution in [0.15, 0.2) is 78.9 Å². The number of aryl methyl sites for hydroxylation is 2. The quantitative estimate of drug-likeness (QED) is 0.577. The van der Waals surface area contributed by atoms with E-state index in [0.29, 0.717) is 0 Å². The summed E-state index contributed by atoms with van der Waals surface area (Å²) in [6.45, 7) is 4.11. The third-order valence-corrected chi connectivity index (χ3v) is 5.61. The summed E-state index contributed by atoms with van der Waals surface area (Å²) in [5.74, 6) is -0.315. The molecule has 32 heavy (non-hydrogen) atoms. The third-order valence-electron chi connectivity index (χ3n) is 5.61. The Kier molecular flexibility index (Phi) is 7.79. The first-order valence-electron chi connectivity index (χ1n) is 10.8. The van der Waals surface area contributed by atoms with Gasteiger partial charge < -0.3 is 10.2 Å². The van der Waals surface area contributed by atoms with Gasteiger partial charge >= 0.3 is 0 Å². The molecule has 0 spiro atoms. The molecule has 5 heteroatoms. The van der Waals surface area contributed by atoms with Gasteiger partial charge in [0.05, 0.1) is 19.1 Å². The van der Waals surface area contributed by atoms with Crippen molar-refractivity contribution >= 4 is 17.5 Å². The van der Waals surface area contributed by atoms with Crippen molar-refractivity contribution < 1.29 is 9.59 Å². The van der Waals surface area contributed by atoms with E-state index in [4.69, 9.17) is 0 Å². The summed E-state index contributed by atoms with van der Waals surface area (Å²) in [5.41, 5.74) is 5.04. The van der Waals surface area contributed by atoms with Crippen LogP contribution in [0.3, 0.4) is 0 Å². The van der Waals surface area contributed by atoms with Crippen LogP contribution in [0.5, 0.6) is 0 Å². The van der Waals surface area contributed by atoms with Gasteiger partial charge in [-0.15, -0.1) is 0 Å². The first-order chi connectivity index (χ1) is 15.4. The summed E-state index contributed by atoms with van der Waals surface area (Å²) in [6.07, 6.45) is 0. The number of carbonyl (C=O) groups excluding carboxylic acids is 2. The van der Waals surface area contributed by atoms with Crippen LogP contribution in [0.25, 0.3) is 0 Å². The lowest BCUT2D eigenvalue weighted by Gasteiger charge is -2.30. The molecule has 0 aliphatic rings. The van der Waals surface area contributed by atoms with E-state index in [0.717, 1.165) is 27.9 Å². The number of likely N-dealkylation sites (N-methyl/N-ethyl adjacent to an activating group) is 2. The standard InChI is InChI=1S/C27H31N3O2/c1-20-12-11-13-21(2)26(20)28-24(31)18-29(3)25(32)19-30(4)27(22-14-7-5-8-15-22)23-16-9-6-10-17-23/h5-17,27H,18-19H2,1-4H3,(H,28,31). The molecule has 2 amide bonds. The molecule has 0 atom stereocenters. The Labute approximate surface area is 190 Å². The molecule has 0 saturated heterocycles. The second-order valence-corrected chi connectivity index (χ2v) is 8.20. The molecular formula is C27H31N3O2. The number of anilines is 1. The molecule has 0 saturated carbocycles. The Morgan fingerprint density at radius 1 is 0.750 bits per heavy atom. The van der Waals surface area contributed by atoms with Gasteiger partial charge in [0.15, 0.2) is 0 Å². The zero-order valence-electron chi connectivity index (χ0n) is 19.2. The lowest BCUT2D eigenvalue weighted by molar-refractivity contribution is -0.134. The van der Waals surface area contributed by atoms with Crippen molar-refractivity contribution in [3.05, 3.63) is 101 Å². The average molecular weight is 430 g/mol. The molecule has 0 aliphatic carbocycles. The highest BCUT2D eigenvalue weighted by atomic mass is 16.2. The van der Waals surface area contributed by atoms with E-state index in [1.807, 2.05) is 80.4 Å². The van der Waals surface area contributed by atoms with Crippen LogP contribution in [0.4, 0.5) is 5.69 Å². The molecule has 0 bridgehead atoms. The van der Waals surface area contributed by atoms with Gasteiger partial charge in [0.1, 0.15) is 0 Å². The Balaban J connectivity index is 1.67. The van der Waals surface area contributed by atoms with E-state index in [-0.39, 0.29) is 30.9 Å². The fraction of sp³-hybridized carbons (Fsp3) is 0.259. The van der Waals surface area contributed by atoms with Gasteiger partial charge in [-0.2, -0.15) is 0 Å². The van der Waals surface area contributed by atoms with Crippen molar-refractivity contribution in [2.75, 3.05) is 32.5 Å². The maximum atomic E-state index is 12.9. The van der Waals surface area contributed by atoms with Crippen LogP contribution >= 0.6 is 0 Å². The van der Waals surface area contributed by atoms with Crippen molar-refractivity contribution in [2.24, 2.45) is 0 Å². The smallest absolute Gasteiger partial charge is 0.243 e. The maximum Gasteiger partial charge on any atom is 0.243 e. The number of amides is 2. The van der Waals surface area contributed by atoms with Gasteiger partial charge in [0.25, 0.3) is 0 Å². The predicted molar refractivity (Wildman–Crippen MR) is 130 cm³/mol.